The van der Waals surface area contributed by atoms with Crippen molar-refractivity contribution in [2.45, 2.75) is 5.66 Å². The van der Waals surface area contributed by atoms with Gasteiger partial charge in [-0.25, -0.2) is 10.4 Å². The van der Waals surface area contributed by atoms with Gasteiger partial charge in [0.15, 0.2) is 5.66 Å². The standard InChI is InChI=1S/C20H17N3/c1-4-10-16(11-5-1)19-21-20(23-22-19,17-12-6-2-7-13-17)18-14-8-3-9-15-18/h1-15,23H,(H,21,22). The van der Waals surface area contributed by atoms with Crippen molar-refractivity contribution in [1.82, 2.24) is 10.9 Å². The second kappa shape index (κ2) is 5.71. The lowest BCUT2D eigenvalue weighted by atomic mass is 9.92. The molecular weight excluding hydrogens is 282 g/mol. The maximum absolute atomic E-state index is 5.02. The summed E-state index contributed by atoms with van der Waals surface area (Å²) >= 11 is 0. The zero-order chi connectivity index (χ0) is 15.5. The van der Waals surface area contributed by atoms with Crippen molar-refractivity contribution in [3.05, 3.63) is 108 Å². The molecule has 0 fully saturated rings. The predicted molar refractivity (Wildman–Crippen MR) is 92.9 cm³/mol. The fourth-order valence-electron chi connectivity index (χ4n) is 2.90. The van der Waals surface area contributed by atoms with Gasteiger partial charge in [-0.2, -0.15) is 0 Å². The molecule has 0 saturated carbocycles. The Bertz CT molecular complexity index is 772. The van der Waals surface area contributed by atoms with E-state index in [0.717, 1.165) is 22.5 Å². The molecule has 0 unspecified atom stereocenters. The minimum atomic E-state index is -0.617. The van der Waals surface area contributed by atoms with Gasteiger partial charge in [0.25, 0.3) is 0 Å². The Hall–Kier alpha value is -2.91. The van der Waals surface area contributed by atoms with Crippen molar-refractivity contribution in [2.75, 3.05) is 0 Å². The quantitative estimate of drug-likeness (QED) is 0.777. The first-order chi connectivity index (χ1) is 11.4. The van der Waals surface area contributed by atoms with Crippen molar-refractivity contribution < 1.29 is 0 Å². The fourth-order valence-corrected chi connectivity index (χ4v) is 2.90. The minimum absolute atomic E-state index is 0.617. The zero-order valence-electron chi connectivity index (χ0n) is 12.6. The molecular formula is C20H17N3. The van der Waals surface area contributed by atoms with Crippen LogP contribution in [0.2, 0.25) is 0 Å². The Kier molecular flexibility index (Phi) is 3.41. The predicted octanol–water partition coefficient (Wildman–Crippen LogP) is 3.44. The van der Waals surface area contributed by atoms with Crippen molar-refractivity contribution in [1.29, 1.82) is 0 Å². The smallest absolute Gasteiger partial charge is 0.180 e. The summed E-state index contributed by atoms with van der Waals surface area (Å²) in [5.41, 5.74) is 9.31. The maximum Gasteiger partial charge on any atom is 0.180 e. The van der Waals surface area contributed by atoms with Crippen LogP contribution in [0, 0.1) is 0 Å². The first kappa shape index (κ1) is 13.7. The molecule has 0 atom stereocenters. The number of amidine groups is 1. The van der Waals surface area contributed by atoms with Crippen LogP contribution in [0.3, 0.4) is 0 Å². The molecule has 0 aliphatic carbocycles. The van der Waals surface area contributed by atoms with E-state index in [1.54, 1.807) is 0 Å². The van der Waals surface area contributed by atoms with E-state index in [0.29, 0.717) is 0 Å². The molecule has 1 heterocycles. The average Bonchev–Trinajstić information content (AvgIpc) is 3.11. The van der Waals surface area contributed by atoms with E-state index < -0.39 is 5.66 Å². The molecule has 0 aromatic heterocycles. The fraction of sp³-hybridized carbons (Fsp3) is 0.0500. The lowest BCUT2D eigenvalue weighted by Gasteiger charge is -2.27. The number of hydrazine groups is 1. The number of nitrogens with zero attached hydrogens (tertiary/aromatic N) is 1. The van der Waals surface area contributed by atoms with Gasteiger partial charge in [-0.15, -0.1) is 0 Å². The third-order valence-corrected chi connectivity index (χ3v) is 4.07. The molecule has 1 aliphatic rings. The average molecular weight is 299 g/mol. The summed E-state index contributed by atoms with van der Waals surface area (Å²) in [6.45, 7) is 0. The van der Waals surface area contributed by atoms with E-state index in [1.807, 2.05) is 54.6 Å². The summed E-state index contributed by atoms with van der Waals surface area (Å²) in [5, 5.41) is 0. The number of hydrogen-bond donors (Lipinski definition) is 2. The molecule has 1 aliphatic heterocycles. The number of benzene rings is 3. The Labute approximate surface area is 135 Å². The molecule has 0 saturated heterocycles. The second-order valence-electron chi connectivity index (χ2n) is 5.52. The van der Waals surface area contributed by atoms with Gasteiger partial charge in [0.2, 0.25) is 0 Å². The summed E-state index contributed by atoms with van der Waals surface area (Å²) in [5.74, 6) is 0.846. The SMILES string of the molecule is c1ccc(C2=NC(c3ccccc3)(c3ccccc3)NN2)cc1. The topological polar surface area (TPSA) is 36.4 Å². The molecule has 23 heavy (non-hydrogen) atoms. The third kappa shape index (κ3) is 2.41. The van der Waals surface area contributed by atoms with E-state index in [2.05, 4.69) is 47.2 Å². The lowest BCUT2D eigenvalue weighted by molar-refractivity contribution is 0.434. The highest BCUT2D eigenvalue weighted by Gasteiger charge is 2.38. The van der Waals surface area contributed by atoms with Crippen molar-refractivity contribution in [2.24, 2.45) is 4.99 Å². The molecule has 3 nitrogen and oxygen atoms in total. The van der Waals surface area contributed by atoms with Gasteiger partial charge in [0, 0.05) is 16.7 Å². The molecule has 4 rings (SSSR count). The lowest BCUT2D eigenvalue weighted by Crippen LogP contribution is -2.44. The van der Waals surface area contributed by atoms with Gasteiger partial charge in [0.1, 0.15) is 5.84 Å². The molecule has 3 aromatic carbocycles. The molecule has 0 radical (unpaired) electrons. The van der Waals surface area contributed by atoms with Crippen molar-refractivity contribution in [3.63, 3.8) is 0 Å². The van der Waals surface area contributed by atoms with Crippen LogP contribution in [-0.4, -0.2) is 5.84 Å². The van der Waals surface area contributed by atoms with Crippen LogP contribution in [-0.2, 0) is 5.66 Å². The van der Waals surface area contributed by atoms with Crippen LogP contribution in [0.5, 0.6) is 0 Å². The summed E-state index contributed by atoms with van der Waals surface area (Å²) in [7, 11) is 0. The van der Waals surface area contributed by atoms with E-state index >= 15 is 0 Å². The maximum atomic E-state index is 5.02. The molecule has 0 amide bonds. The van der Waals surface area contributed by atoms with Crippen molar-refractivity contribution in [3.8, 4) is 0 Å². The van der Waals surface area contributed by atoms with Crippen LogP contribution in [0.15, 0.2) is 96.0 Å². The van der Waals surface area contributed by atoms with Crippen LogP contribution in [0.1, 0.15) is 16.7 Å². The van der Waals surface area contributed by atoms with E-state index in [4.69, 9.17) is 4.99 Å². The Balaban J connectivity index is 1.87. The van der Waals surface area contributed by atoms with E-state index in [-0.39, 0.29) is 0 Å². The second-order valence-corrected chi connectivity index (χ2v) is 5.52. The van der Waals surface area contributed by atoms with Gasteiger partial charge in [-0.1, -0.05) is 91.0 Å². The van der Waals surface area contributed by atoms with E-state index in [9.17, 15) is 0 Å². The molecule has 112 valence electrons. The first-order valence-electron chi connectivity index (χ1n) is 7.68. The molecule has 0 spiro atoms. The van der Waals surface area contributed by atoms with Gasteiger partial charge in [-0.3, -0.25) is 0 Å². The Morgan fingerprint density at radius 2 is 1.09 bits per heavy atom. The van der Waals surface area contributed by atoms with E-state index in [1.165, 1.54) is 0 Å². The summed E-state index contributed by atoms with van der Waals surface area (Å²) in [4.78, 5) is 5.02. The summed E-state index contributed by atoms with van der Waals surface area (Å²) in [6, 6.07) is 30.7. The van der Waals surface area contributed by atoms with Crippen LogP contribution in [0.4, 0.5) is 0 Å². The number of hydrogen-bond acceptors (Lipinski definition) is 3. The summed E-state index contributed by atoms with van der Waals surface area (Å²) in [6.07, 6.45) is 0. The Morgan fingerprint density at radius 1 is 0.609 bits per heavy atom. The first-order valence-corrected chi connectivity index (χ1v) is 7.68. The van der Waals surface area contributed by atoms with Crippen LogP contribution < -0.4 is 10.9 Å². The number of rotatable bonds is 3. The van der Waals surface area contributed by atoms with Crippen LogP contribution >= 0.6 is 0 Å². The monoisotopic (exact) mass is 299 g/mol. The molecule has 0 bridgehead atoms. The highest BCUT2D eigenvalue weighted by Crippen LogP contribution is 2.33. The van der Waals surface area contributed by atoms with Gasteiger partial charge in [-0.05, 0) is 0 Å². The number of nitrogens with one attached hydrogen (secondary N) is 2. The zero-order valence-corrected chi connectivity index (χ0v) is 12.6. The highest BCUT2D eigenvalue weighted by atomic mass is 15.5. The highest BCUT2D eigenvalue weighted by molar-refractivity contribution is 6.00. The Morgan fingerprint density at radius 3 is 1.61 bits per heavy atom. The van der Waals surface area contributed by atoms with Gasteiger partial charge < -0.3 is 5.43 Å². The number of aliphatic imine (C=N–C) groups is 1. The van der Waals surface area contributed by atoms with Gasteiger partial charge >= 0.3 is 0 Å². The van der Waals surface area contributed by atoms with Gasteiger partial charge in [0.05, 0.1) is 0 Å². The van der Waals surface area contributed by atoms with Crippen molar-refractivity contribution >= 4 is 5.84 Å². The molecule has 3 aromatic rings. The van der Waals surface area contributed by atoms with Crippen LogP contribution in [0.25, 0.3) is 0 Å². The summed E-state index contributed by atoms with van der Waals surface area (Å²) < 4.78 is 0. The third-order valence-electron chi connectivity index (χ3n) is 4.07. The molecule has 2 N–H and O–H groups in total. The largest absolute Gasteiger partial charge is 0.303 e. The minimum Gasteiger partial charge on any atom is -0.303 e. The molecule has 3 heteroatoms. The normalized spacial score (nSPS) is 15.7.